The van der Waals surface area contributed by atoms with Crippen LogP contribution >= 0.6 is 0 Å². The van der Waals surface area contributed by atoms with Gasteiger partial charge < -0.3 is 14.8 Å². The molecule has 1 aliphatic rings. The Balaban J connectivity index is 1.52. The number of hydrogen-bond donors (Lipinski definition) is 1. The summed E-state index contributed by atoms with van der Waals surface area (Å²) in [4.78, 5) is 31.6. The highest BCUT2D eigenvalue weighted by molar-refractivity contribution is 5.94. The smallest absolute Gasteiger partial charge is 0.253 e. The summed E-state index contributed by atoms with van der Waals surface area (Å²) in [7, 11) is 0. The Hall–Kier alpha value is -2.56. The van der Waals surface area contributed by atoms with E-state index in [9.17, 15) is 9.59 Å². The molecule has 1 aromatic carbocycles. The topological polar surface area (TPSA) is 56.4 Å². The maximum absolute atomic E-state index is 12.6. The maximum atomic E-state index is 12.6. The highest BCUT2D eigenvalue weighted by Gasteiger charge is 2.24. The van der Waals surface area contributed by atoms with Crippen LogP contribution in [0.4, 0.5) is 0 Å². The van der Waals surface area contributed by atoms with Crippen LogP contribution in [0, 0.1) is 0 Å². The van der Waals surface area contributed by atoms with E-state index in [1.165, 1.54) is 5.56 Å². The summed E-state index contributed by atoms with van der Waals surface area (Å²) in [6, 6.07) is 9.81. The highest BCUT2D eigenvalue weighted by Crippen LogP contribution is 2.12. The molecule has 0 spiro atoms. The average Bonchev–Trinajstić information content (AvgIpc) is 3.15. The monoisotopic (exact) mass is 339 g/mol. The lowest BCUT2D eigenvalue weighted by Crippen LogP contribution is -2.51. The summed E-state index contributed by atoms with van der Waals surface area (Å²) in [5.41, 5.74) is 2.99. The number of H-pyrrole nitrogens is 1. The van der Waals surface area contributed by atoms with E-state index < -0.39 is 0 Å². The van der Waals surface area contributed by atoms with E-state index in [1.54, 1.807) is 0 Å². The van der Waals surface area contributed by atoms with Gasteiger partial charge in [0, 0.05) is 44.1 Å². The number of nitrogens with one attached hydrogen (secondary N) is 1. The predicted octanol–water partition coefficient (Wildman–Crippen LogP) is 2.49. The van der Waals surface area contributed by atoms with Crippen LogP contribution in [0.15, 0.2) is 42.7 Å². The molecule has 25 heavy (non-hydrogen) atoms. The highest BCUT2D eigenvalue weighted by atomic mass is 16.2. The molecule has 132 valence electrons. The normalized spacial score (nSPS) is 14.6. The molecule has 2 amide bonds. The lowest BCUT2D eigenvalue weighted by atomic mass is 10.1. The van der Waals surface area contributed by atoms with E-state index in [1.807, 2.05) is 52.5 Å². The molecule has 3 rings (SSSR count). The molecular weight excluding hydrogens is 314 g/mol. The Kier molecular flexibility index (Phi) is 5.53. The van der Waals surface area contributed by atoms with Crippen LogP contribution in [0.2, 0.25) is 0 Å². The van der Waals surface area contributed by atoms with Gasteiger partial charge in [0.15, 0.2) is 0 Å². The molecule has 2 heterocycles. The summed E-state index contributed by atoms with van der Waals surface area (Å²) >= 11 is 0. The van der Waals surface area contributed by atoms with Crippen LogP contribution in [0.25, 0.3) is 0 Å². The molecule has 0 radical (unpaired) electrons. The standard InChI is InChI=1S/C20H25N3O2/c1-2-3-16-4-6-18(7-5-16)20(25)23-12-10-22(11-13-23)19(24)14-17-8-9-21-15-17/h4-9,15,21H,2-3,10-14H2,1H3. The van der Waals surface area contributed by atoms with Gasteiger partial charge in [0.25, 0.3) is 5.91 Å². The second-order valence-corrected chi connectivity index (χ2v) is 6.52. The van der Waals surface area contributed by atoms with E-state index in [-0.39, 0.29) is 11.8 Å². The van der Waals surface area contributed by atoms with Crippen LogP contribution in [-0.2, 0) is 17.6 Å². The minimum absolute atomic E-state index is 0.0563. The van der Waals surface area contributed by atoms with Gasteiger partial charge in [0.05, 0.1) is 6.42 Å². The van der Waals surface area contributed by atoms with E-state index in [0.717, 1.165) is 24.0 Å². The van der Waals surface area contributed by atoms with Crippen molar-refractivity contribution in [1.29, 1.82) is 0 Å². The average molecular weight is 339 g/mol. The van der Waals surface area contributed by atoms with Crippen molar-refractivity contribution in [2.45, 2.75) is 26.2 Å². The summed E-state index contributed by atoms with van der Waals surface area (Å²) < 4.78 is 0. The number of carbonyl (C=O) groups excluding carboxylic acids is 2. The third-order valence-electron chi connectivity index (χ3n) is 4.68. The second-order valence-electron chi connectivity index (χ2n) is 6.52. The first-order chi connectivity index (χ1) is 12.2. The van der Waals surface area contributed by atoms with Crippen molar-refractivity contribution >= 4 is 11.8 Å². The SMILES string of the molecule is CCCc1ccc(C(=O)N2CCN(C(=O)Cc3cc[nH]c3)CC2)cc1. The van der Waals surface area contributed by atoms with Gasteiger partial charge in [-0.1, -0.05) is 25.5 Å². The number of carbonyl (C=O) groups is 2. The number of nitrogens with zero attached hydrogens (tertiary/aromatic N) is 2. The lowest BCUT2D eigenvalue weighted by Gasteiger charge is -2.35. The van der Waals surface area contributed by atoms with Gasteiger partial charge in [0.1, 0.15) is 0 Å². The van der Waals surface area contributed by atoms with Crippen molar-refractivity contribution in [2.24, 2.45) is 0 Å². The molecule has 0 bridgehead atoms. The number of rotatable bonds is 5. The third kappa shape index (κ3) is 4.29. The first-order valence-corrected chi connectivity index (χ1v) is 8.95. The van der Waals surface area contributed by atoms with Crippen molar-refractivity contribution in [3.8, 4) is 0 Å². The van der Waals surface area contributed by atoms with Crippen LogP contribution in [-0.4, -0.2) is 52.8 Å². The number of hydrogen-bond acceptors (Lipinski definition) is 2. The number of amides is 2. The van der Waals surface area contributed by atoms with Crippen molar-refractivity contribution in [2.75, 3.05) is 26.2 Å². The second kappa shape index (κ2) is 8.01. The van der Waals surface area contributed by atoms with Gasteiger partial charge in [-0.25, -0.2) is 0 Å². The molecule has 1 aromatic heterocycles. The first-order valence-electron chi connectivity index (χ1n) is 8.95. The zero-order valence-corrected chi connectivity index (χ0v) is 14.7. The fourth-order valence-corrected chi connectivity index (χ4v) is 3.20. The zero-order chi connectivity index (χ0) is 17.6. The molecule has 1 saturated heterocycles. The van der Waals surface area contributed by atoms with Crippen molar-refractivity contribution in [3.05, 3.63) is 59.4 Å². The molecule has 0 aliphatic carbocycles. The Bertz CT molecular complexity index is 699. The van der Waals surface area contributed by atoms with E-state index in [2.05, 4.69) is 11.9 Å². The van der Waals surface area contributed by atoms with E-state index >= 15 is 0 Å². The van der Waals surface area contributed by atoms with Gasteiger partial charge in [0.2, 0.25) is 5.91 Å². The summed E-state index contributed by atoms with van der Waals surface area (Å²) in [5, 5.41) is 0. The Morgan fingerprint density at radius 3 is 2.24 bits per heavy atom. The number of aromatic nitrogens is 1. The Morgan fingerprint density at radius 1 is 0.960 bits per heavy atom. The first kappa shape index (κ1) is 17.3. The molecule has 0 unspecified atom stereocenters. The van der Waals surface area contributed by atoms with Gasteiger partial charge >= 0.3 is 0 Å². The molecule has 1 N–H and O–H groups in total. The zero-order valence-electron chi connectivity index (χ0n) is 14.7. The van der Waals surface area contributed by atoms with E-state index in [0.29, 0.717) is 32.6 Å². The van der Waals surface area contributed by atoms with Crippen molar-refractivity contribution in [1.82, 2.24) is 14.8 Å². The fraction of sp³-hybridized carbons (Fsp3) is 0.400. The molecule has 0 atom stereocenters. The molecule has 0 saturated carbocycles. The molecule has 1 fully saturated rings. The van der Waals surface area contributed by atoms with Crippen LogP contribution in [0.5, 0.6) is 0 Å². The Labute approximate surface area is 148 Å². The largest absolute Gasteiger partial charge is 0.367 e. The summed E-state index contributed by atoms with van der Waals surface area (Å²) in [6.07, 6.45) is 6.23. The van der Waals surface area contributed by atoms with Crippen LogP contribution in [0.3, 0.4) is 0 Å². The van der Waals surface area contributed by atoms with Gasteiger partial charge in [-0.05, 0) is 35.7 Å². The van der Waals surface area contributed by atoms with Gasteiger partial charge in [-0.2, -0.15) is 0 Å². The van der Waals surface area contributed by atoms with Gasteiger partial charge in [-0.15, -0.1) is 0 Å². The maximum Gasteiger partial charge on any atom is 0.253 e. The molecular formula is C20H25N3O2. The molecule has 2 aromatic rings. The lowest BCUT2D eigenvalue weighted by molar-refractivity contribution is -0.131. The van der Waals surface area contributed by atoms with E-state index in [4.69, 9.17) is 0 Å². The summed E-state index contributed by atoms with van der Waals surface area (Å²) in [6.45, 7) is 4.53. The molecule has 5 nitrogen and oxygen atoms in total. The quantitative estimate of drug-likeness (QED) is 0.910. The minimum atomic E-state index is 0.0563. The number of aryl methyl sites for hydroxylation is 1. The number of aromatic amines is 1. The fourth-order valence-electron chi connectivity index (χ4n) is 3.20. The molecule has 5 heteroatoms. The van der Waals surface area contributed by atoms with Crippen LogP contribution in [0.1, 0.15) is 34.8 Å². The molecule has 1 aliphatic heterocycles. The Morgan fingerprint density at radius 2 is 1.64 bits per heavy atom. The minimum Gasteiger partial charge on any atom is -0.367 e. The van der Waals surface area contributed by atoms with Crippen molar-refractivity contribution in [3.63, 3.8) is 0 Å². The number of piperazine rings is 1. The third-order valence-corrected chi connectivity index (χ3v) is 4.68. The number of benzene rings is 1. The van der Waals surface area contributed by atoms with Crippen molar-refractivity contribution < 1.29 is 9.59 Å². The van der Waals surface area contributed by atoms with Crippen LogP contribution < -0.4 is 0 Å². The van der Waals surface area contributed by atoms with Gasteiger partial charge in [-0.3, -0.25) is 9.59 Å². The predicted molar refractivity (Wildman–Crippen MR) is 97.4 cm³/mol. The summed E-state index contributed by atoms with van der Waals surface area (Å²) in [5.74, 6) is 0.177.